The first-order valence-electron chi connectivity index (χ1n) is 7.86. The summed E-state index contributed by atoms with van der Waals surface area (Å²) in [5.74, 6) is 1.30. The van der Waals surface area contributed by atoms with E-state index in [1.54, 1.807) is 0 Å². The molecule has 0 aromatic carbocycles. The van der Waals surface area contributed by atoms with Gasteiger partial charge in [-0.2, -0.15) is 4.98 Å². The summed E-state index contributed by atoms with van der Waals surface area (Å²) in [7, 11) is 0. The summed E-state index contributed by atoms with van der Waals surface area (Å²) in [5.41, 5.74) is 1.95. The fourth-order valence-corrected chi connectivity index (χ4v) is 3.00. The maximum atomic E-state index is 9.55. The van der Waals surface area contributed by atoms with Crippen LogP contribution in [0.2, 0.25) is 0 Å². The Bertz CT molecular complexity index is 648. The van der Waals surface area contributed by atoms with E-state index >= 15 is 0 Å². The number of aromatic nitrogens is 3. The van der Waals surface area contributed by atoms with E-state index in [9.17, 15) is 5.11 Å². The second-order valence-electron chi connectivity index (χ2n) is 6.27. The van der Waals surface area contributed by atoms with Crippen LogP contribution >= 0.6 is 0 Å². The van der Waals surface area contributed by atoms with E-state index in [0.29, 0.717) is 17.9 Å². The summed E-state index contributed by atoms with van der Waals surface area (Å²) in [6, 6.07) is 4.52. The van der Waals surface area contributed by atoms with Crippen molar-refractivity contribution in [3.05, 3.63) is 24.0 Å². The van der Waals surface area contributed by atoms with Crippen LogP contribution in [0.4, 0.5) is 5.95 Å². The molecule has 2 N–H and O–H groups in total. The number of aliphatic hydroxyl groups is 1. The normalized spacial score (nSPS) is 26.0. The van der Waals surface area contributed by atoms with Gasteiger partial charge in [-0.05, 0) is 50.7 Å². The Balaban J connectivity index is 1.54. The van der Waals surface area contributed by atoms with E-state index in [0.717, 1.165) is 42.4 Å². The van der Waals surface area contributed by atoms with Crippen LogP contribution in [0.3, 0.4) is 0 Å². The minimum atomic E-state index is -0.136. The van der Waals surface area contributed by atoms with E-state index in [2.05, 4.69) is 32.4 Å². The summed E-state index contributed by atoms with van der Waals surface area (Å²) in [6.07, 6.45) is 7.86. The topological polar surface area (TPSA) is 70.9 Å². The van der Waals surface area contributed by atoms with Crippen molar-refractivity contribution in [2.75, 3.05) is 5.32 Å². The maximum Gasteiger partial charge on any atom is 0.224 e. The fraction of sp³-hybridized carbons (Fsp3) is 0.562. The monoisotopic (exact) mass is 284 g/mol. The first-order valence-corrected chi connectivity index (χ1v) is 7.86. The highest BCUT2D eigenvalue weighted by Crippen LogP contribution is 2.39. The van der Waals surface area contributed by atoms with Crippen molar-refractivity contribution in [1.29, 1.82) is 0 Å². The number of fused-ring (bicyclic) bond motifs is 1. The fourth-order valence-electron chi connectivity index (χ4n) is 3.00. The van der Waals surface area contributed by atoms with E-state index < -0.39 is 0 Å². The summed E-state index contributed by atoms with van der Waals surface area (Å²) < 4.78 is 0. The van der Waals surface area contributed by atoms with Crippen molar-refractivity contribution in [3.63, 3.8) is 0 Å². The molecule has 0 aliphatic heterocycles. The van der Waals surface area contributed by atoms with E-state index in [1.165, 1.54) is 12.8 Å². The Labute approximate surface area is 123 Å². The van der Waals surface area contributed by atoms with Gasteiger partial charge >= 0.3 is 0 Å². The number of nitrogens with one attached hydrogen (secondary N) is 1. The van der Waals surface area contributed by atoms with Gasteiger partial charge in [-0.25, -0.2) is 9.97 Å². The standard InChI is InChI=1S/C16H20N4O/c21-13-6-4-12(5-7-13)18-16-17-9-11-3-8-14(10-1-2-10)19-15(11)20-16/h3,8-10,12-13,21H,1-2,4-7H2,(H,17,18,19,20). The van der Waals surface area contributed by atoms with Crippen LogP contribution in [-0.4, -0.2) is 32.2 Å². The molecule has 110 valence electrons. The highest BCUT2D eigenvalue weighted by atomic mass is 16.3. The van der Waals surface area contributed by atoms with Gasteiger partial charge in [-0.1, -0.05) is 0 Å². The minimum absolute atomic E-state index is 0.136. The van der Waals surface area contributed by atoms with Crippen LogP contribution in [-0.2, 0) is 0 Å². The number of nitrogens with zero attached hydrogens (tertiary/aromatic N) is 3. The third-order valence-electron chi connectivity index (χ3n) is 4.49. The van der Waals surface area contributed by atoms with E-state index in [4.69, 9.17) is 0 Å². The molecule has 2 saturated carbocycles. The van der Waals surface area contributed by atoms with Gasteiger partial charge in [0.25, 0.3) is 0 Å². The predicted molar refractivity (Wildman–Crippen MR) is 81.2 cm³/mol. The molecule has 2 aliphatic carbocycles. The van der Waals surface area contributed by atoms with Gasteiger partial charge in [0, 0.05) is 29.2 Å². The maximum absolute atomic E-state index is 9.55. The highest BCUT2D eigenvalue weighted by molar-refractivity contribution is 5.74. The Morgan fingerprint density at radius 3 is 2.57 bits per heavy atom. The molecule has 0 atom stereocenters. The number of pyridine rings is 1. The highest BCUT2D eigenvalue weighted by Gasteiger charge is 2.25. The van der Waals surface area contributed by atoms with Crippen LogP contribution in [0.25, 0.3) is 11.0 Å². The van der Waals surface area contributed by atoms with Crippen molar-refractivity contribution >= 4 is 17.0 Å². The molecule has 2 aliphatic rings. The van der Waals surface area contributed by atoms with Crippen LogP contribution in [0.15, 0.2) is 18.3 Å². The van der Waals surface area contributed by atoms with E-state index in [1.807, 2.05) is 6.20 Å². The number of anilines is 1. The number of hydrogen-bond donors (Lipinski definition) is 2. The lowest BCUT2D eigenvalue weighted by atomic mass is 9.93. The summed E-state index contributed by atoms with van der Waals surface area (Å²) >= 11 is 0. The predicted octanol–water partition coefficient (Wildman–Crippen LogP) is 2.62. The van der Waals surface area contributed by atoms with Crippen molar-refractivity contribution < 1.29 is 5.11 Å². The molecule has 0 amide bonds. The third-order valence-corrected chi connectivity index (χ3v) is 4.49. The zero-order valence-corrected chi connectivity index (χ0v) is 12.0. The molecule has 5 heteroatoms. The van der Waals surface area contributed by atoms with Gasteiger partial charge in [0.2, 0.25) is 5.95 Å². The van der Waals surface area contributed by atoms with E-state index in [-0.39, 0.29) is 6.10 Å². The molecule has 0 spiro atoms. The molecule has 4 rings (SSSR count). The second-order valence-corrected chi connectivity index (χ2v) is 6.27. The zero-order chi connectivity index (χ0) is 14.2. The number of rotatable bonds is 3. The summed E-state index contributed by atoms with van der Waals surface area (Å²) in [6.45, 7) is 0. The average Bonchev–Trinajstić information content (AvgIpc) is 3.34. The molecule has 0 unspecified atom stereocenters. The lowest BCUT2D eigenvalue weighted by Crippen LogP contribution is -2.28. The van der Waals surface area contributed by atoms with Gasteiger partial charge in [-0.3, -0.25) is 0 Å². The zero-order valence-electron chi connectivity index (χ0n) is 12.0. The second kappa shape index (κ2) is 5.22. The van der Waals surface area contributed by atoms with Gasteiger partial charge in [0.05, 0.1) is 6.10 Å². The third kappa shape index (κ3) is 2.83. The average molecular weight is 284 g/mol. The number of aliphatic hydroxyl groups excluding tert-OH is 1. The molecular formula is C16H20N4O. The molecule has 0 bridgehead atoms. The lowest BCUT2D eigenvalue weighted by Gasteiger charge is -2.26. The van der Waals surface area contributed by atoms with Gasteiger partial charge in [0.1, 0.15) is 0 Å². The van der Waals surface area contributed by atoms with Gasteiger partial charge < -0.3 is 10.4 Å². The molecule has 0 radical (unpaired) electrons. The molecule has 2 heterocycles. The van der Waals surface area contributed by atoms with Gasteiger partial charge in [-0.15, -0.1) is 0 Å². The van der Waals surface area contributed by atoms with Gasteiger partial charge in [0.15, 0.2) is 5.65 Å². The molecule has 2 aromatic heterocycles. The summed E-state index contributed by atoms with van der Waals surface area (Å²) in [4.78, 5) is 13.6. The van der Waals surface area contributed by atoms with Crippen molar-refractivity contribution in [2.45, 2.75) is 56.6 Å². The Hall–Kier alpha value is -1.75. The quantitative estimate of drug-likeness (QED) is 0.906. The molecular weight excluding hydrogens is 264 g/mol. The van der Waals surface area contributed by atoms with Crippen molar-refractivity contribution in [3.8, 4) is 0 Å². The number of hydrogen-bond acceptors (Lipinski definition) is 5. The Kier molecular flexibility index (Phi) is 3.22. The van der Waals surface area contributed by atoms with Crippen LogP contribution < -0.4 is 5.32 Å². The van der Waals surface area contributed by atoms with Crippen molar-refractivity contribution in [1.82, 2.24) is 15.0 Å². The molecule has 0 saturated heterocycles. The minimum Gasteiger partial charge on any atom is -0.393 e. The first kappa shape index (κ1) is 13.0. The molecule has 5 nitrogen and oxygen atoms in total. The Morgan fingerprint density at radius 2 is 1.81 bits per heavy atom. The largest absolute Gasteiger partial charge is 0.393 e. The van der Waals surface area contributed by atoms with Crippen LogP contribution in [0.5, 0.6) is 0 Å². The van der Waals surface area contributed by atoms with Crippen molar-refractivity contribution in [2.24, 2.45) is 0 Å². The molecule has 2 fully saturated rings. The molecule has 21 heavy (non-hydrogen) atoms. The Morgan fingerprint density at radius 1 is 1.00 bits per heavy atom. The molecule has 2 aromatic rings. The van der Waals surface area contributed by atoms with Crippen LogP contribution in [0.1, 0.15) is 50.1 Å². The SMILES string of the molecule is OC1CCC(Nc2ncc3ccc(C4CC4)nc3n2)CC1. The summed E-state index contributed by atoms with van der Waals surface area (Å²) in [5, 5.41) is 13.9. The van der Waals surface area contributed by atoms with Crippen LogP contribution in [0, 0.1) is 0 Å². The smallest absolute Gasteiger partial charge is 0.224 e. The first-order chi connectivity index (χ1) is 10.3. The lowest BCUT2D eigenvalue weighted by molar-refractivity contribution is 0.126.